The van der Waals surface area contributed by atoms with E-state index >= 15 is 0 Å². The van der Waals surface area contributed by atoms with E-state index in [9.17, 15) is 0 Å². The van der Waals surface area contributed by atoms with E-state index in [1.54, 1.807) is 0 Å². The number of nitrogens with two attached hydrogens (primary N) is 1. The molecule has 0 unspecified atom stereocenters. The van der Waals surface area contributed by atoms with Crippen LogP contribution in [0.3, 0.4) is 0 Å². The normalized spacial score (nSPS) is 16.6. The molecule has 100 valence electrons. The predicted octanol–water partition coefficient (Wildman–Crippen LogP) is 2.56. The zero-order valence-electron chi connectivity index (χ0n) is 11.0. The van der Waals surface area contributed by atoms with Gasteiger partial charge in [0.1, 0.15) is 0 Å². The van der Waals surface area contributed by atoms with Crippen LogP contribution in [0, 0.1) is 0 Å². The molecule has 1 fully saturated rings. The van der Waals surface area contributed by atoms with E-state index in [1.165, 1.54) is 38.0 Å². The maximum atomic E-state index is 5.90. The fraction of sp³-hybridized carbons (Fsp3) is 0.571. The van der Waals surface area contributed by atoms with Crippen molar-refractivity contribution in [1.29, 1.82) is 0 Å². The Kier molecular flexibility index (Phi) is 5.03. The summed E-state index contributed by atoms with van der Waals surface area (Å²) in [4.78, 5) is 4.91. The smallest absolute Gasteiger partial charge is 0.0461 e. The first kappa shape index (κ1) is 13.8. The van der Waals surface area contributed by atoms with Gasteiger partial charge in [-0.2, -0.15) is 0 Å². The Morgan fingerprint density at radius 3 is 2.72 bits per heavy atom. The number of hydrogen-bond donors (Lipinski definition) is 1. The number of halogens is 1. The lowest BCUT2D eigenvalue weighted by Gasteiger charge is -2.21. The molecule has 3 nitrogen and oxygen atoms in total. The Morgan fingerprint density at radius 2 is 2.06 bits per heavy atom. The Morgan fingerprint density at radius 1 is 1.33 bits per heavy atom. The van der Waals surface area contributed by atoms with Gasteiger partial charge in [0, 0.05) is 29.8 Å². The number of rotatable bonds is 5. The predicted molar refractivity (Wildman–Crippen MR) is 80.6 cm³/mol. The summed E-state index contributed by atoms with van der Waals surface area (Å²) >= 11 is 3.43. The van der Waals surface area contributed by atoms with Crippen molar-refractivity contribution in [1.82, 2.24) is 9.80 Å². The first-order valence-electron chi connectivity index (χ1n) is 6.60. The first-order chi connectivity index (χ1) is 8.65. The van der Waals surface area contributed by atoms with Gasteiger partial charge < -0.3 is 15.5 Å². The molecule has 0 saturated carbocycles. The average Bonchev–Trinajstić information content (AvgIpc) is 2.84. The van der Waals surface area contributed by atoms with Gasteiger partial charge in [-0.3, -0.25) is 0 Å². The minimum Gasteiger partial charge on any atom is -0.398 e. The van der Waals surface area contributed by atoms with Crippen LogP contribution >= 0.6 is 15.9 Å². The number of nitrogens with zero attached hydrogens (tertiary/aromatic N) is 2. The largest absolute Gasteiger partial charge is 0.398 e. The van der Waals surface area contributed by atoms with Gasteiger partial charge in [0.15, 0.2) is 0 Å². The number of benzene rings is 1. The highest BCUT2D eigenvalue weighted by molar-refractivity contribution is 9.10. The molecule has 2 rings (SSSR count). The lowest BCUT2D eigenvalue weighted by molar-refractivity contribution is 0.252. The number of likely N-dealkylation sites (N-methyl/N-ethyl adjacent to an activating group) is 1. The van der Waals surface area contributed by atoms with Crippen LogP contribution in [-0.2, 0) is 6.54 Å². The molecule has 1 heterocycles. The number of anilines is 1. The van der Waals surface area contributed by atoms with E-state index in [0.717, 1.165) is 23.2 Å². The zero-order valence-corrected chi connectivity index (χ0v) is 12.6. The van der Waals surface area contributed by atoms with Gasteiger partial charge in [0.2, 0.25) is 0 Å². The lowest BCUT2D eigenvalue weighted by Crippen LogP contribution is -2.31. The second-order valence-corrected chi connectivity index (χ2v) is 6.00. The molecular weight excluding hydrogens is 290 g/mol. The minimum absolute atomic E-state index is 0.820. The maximum absolute atomic E-state index is 5.90. The van der Waals surface area contributed by atoms with Crippen LogP contribution in [0.5, 0.6) is 0 Å². The van der Waals surface area contributed by atoms with Crippen molar-refractivity contribution in [3.8, 4) is 0 Å². The molecular formula is C14H22BrN3. The third-order valence-electron chi connectivity index (χ3n) is 3.51. The molecule has 1 aliphatic rings. The van der Waals surface area contributed by atoms with Crippen LogP contribution < -0.4 is 5.73 Å². The molecule has 0 amide bonds. The molecule has 2 N–H and O–H groups in total. The first-order valence-corrected chi connectivity index (χ1v) is 7.39. The Bertz CT molecular complexity index is 389. The van der Waals surface area contributed by atoms with Gasteiger partial charge >= 0.3 is 0 Å². The van der Waals surface area contributed by atoms with Crippen molar-refractivity contribution in [2.75, 3.05) is 39.0 Å². The molecule has 1 aliphatic heterocycles. The van der Waals surface area contributed by atoms with E-state index < -0.39 is 0 Å². The summed E-state index contributed by atoms with van der Waals surface area (Å²) < 4.78 is 0.978. The number of nitrogen functional groups attached to an aromatic ring is 1. The van der Waals surface area contributed by atoms with Gasteiger partial charge in [-0.1, -0.05) is 6.07 Å². The summed E-state index contributed by atoms with van der Waals surface area (Å²) in [6.07, 6.45) is 2.74. The fourth-order valence-corrected chi connectivity index (χ4v) is 2.65. The summed E-state index contributed by atoms with van der Waals surface area (Å²) in [6, 6.07) is 6.21. The summed E-state index contributed by atoms with van der Waals surface area (Å²) in [5.41, 5.74) is 7.99. The average molecular weight is 312 g/mol. The van der Waals surface area contributed by atoms with Crippen molar-refractivity contribution in [2.24, 2.45) is 0 Å². The minimum atomic E-state index is 0.820. The van der Waals surface area contributed by atoms with E-state index in [0.29, 0.717) is 0 Å². The molecule has 0 atom stereocenters. The monoisotopic (exact) mass is 311 g/mol. The standard InChI is InChI=1S/C14H22BrN3/c1-17(8-9-18-6-2-3-7-18)11-12-4-5-13(15)14(16)10-12/h4-5,10H,2-3,6-9,11,16H2,1H3. The van der Waals surface area contributed by atoms with Crippen molar-refractivity contribution in [3.63, 3.8) is 0 Å². The van der Waals surface area contributed by atoms with Crippen LogP contribution in [0.1, 0.15) is 18.4 Å². The van der Waals surface area contributed by atoms with Gasteiger partial charge in [0.05, 0.1) is 0 Å². The number of likely N-dealkylation sites (tertiary alicyclic amines) is 1. The SMILES string of the molecule is CN(CCN1CCCC1)Cc1ccc(Br)c(N)c1. The Labute approximate surface area is 118 Å². The molecule has 18 heavy (non-hydrogen) atoms. The van der Waals surface area contributed by atoms with Crippen LogP contribution in [0.2, 0.25) is 0 Å². The third-order valence-corrected chi connectivity index (χ3v) is 4.23. The summed E-state index contributed by atoms with van der Waals surface area (Å²) in [5.74, 6) is 0. The molecule has 0 spiro atoms. The van der Waals surface area contributed by atoms with Gasteiger partial charge in [0.25, 0.3) is 0 Å². The summed E-state index contributed by atoms with van der Waals surface area (Å²) in [7, 11) is 2.17. The van der Waals surface area contributed by atoms with Crippen molar-refractivity contribution >= 4 is 21.6 Å². The molecule has 0 aliphatic carbocycles. The summed E-state index contributed by atoms with van der Waals surface area (Å²) in [6.45, 7) is 5.82. The lowest BCUT2D eigenvalue weighted by atomic mass is 10.2. The Hall–Kier alpha value is -0.580. The van der Waals surface area contributed by atoms with E-state index in [4.69, 9.17) is 5.73 Å². The quantitative estimate of drug-likeness (QED) is 0.848. The van der Waals surface area contributed by atoms with Crippen molar-refractivity contribution in [3.05, 3.63) is 28.2 Å². The fourth-order valence-electron chi connectivity index (χ4n) is 2.40. The highest BCUT2D eigenvalue weighted by Crippen LogP contribution is 2.20. The molecule has 1 aromatic carbocycles. The van der Waals surface area contributed by atoms with Crippen molar-refractivity contribution in [2.45, 2.75) is 19.4 Å². The molecule has 4 heteroatoms. The molecule has 0 bridgehead atoms. The van der Waals surface area contributed by atoms with Crippen LogP contribution in [0.4, 0.5) is 5.69 Å². The molecule has 0 radical (unpaired) electrons. The zero-order chi connectivity index (χ0) is 13.0. The topological polar surface area (TPSA) is 32.5 Å². The van der Waals surface area contributed by atoms with Crippen LogP contribution in [-0.4, -0.2) is 43.0 Å². The second-order valence-electron chi connectivity index (χ2n) is 5.14. The molecule has 1 aromatic rings. The third kappa shape index (κ3) is 3.97. The molecule has 1 saturated heterocycles. The molecule has 0 aromatic heterocycles. The number of hydrogen-bond acceptors (Lipinski definition) is 3. The van der Waals surface area contributed by atoms with E-state index in [1.807, 2.05) is 6.07 Å². The van der Waals surface area contributed by atoms with Crippen molar-refractivity contribution < 1.29 is 0 Å². The highest BCUT2D eigenvalue weighted by Gasteiger charge is 2.11. The second kappa shape index (κ2) is 6.55. The van der Waals surface area contributed by atoms with Crippen LogP contribution in [0.15, 0.2) is 22.7 Å². The van der Waals surface area contributed by atoms with Gasteiger partial charge in [-0.15, -0.1) is 0 Å². The van der Waals surface area contributed by atoms with E-state index in [2.05, 4.69) is 44.9 Å². The van der Waals surface area contributed by atoms with Gasteiger partial charge in [-0.25, -0.2) is 0 Å². The maximum Gasteiger partial charge on any atom is 0.0461 e. The van der Waals surface area contributed by atoms with E-state index in [-0.39, 0.29) is 0 Å². The van der Waals surface area contributed by atoms with Crippen LogP contribution in [0.25, 0.3) is 0 Å². The Balaban J connectivity index is 1.78. The summed E-state index contributed by atoms with van der Waals surface area (Å²) in [5, 5.41) is 0. The highest BCUT2D eigenvalue weighted by atomic mass is 79.9. The van der Waals surface area contributed by atoms with Gasteiger partial charge in [-0.05, 0) is 66.6 Å².